The number of pyridine rings is 1. The van der Waals surface area contributed by atoms with Gasteiger partial charge in [0.2, 0.25) is 0 Å². The Morgan fingerprint density at radius 1 is 1.12 bits per heavy atom. The summed E-state index contributed by atoms with van der Waals surface area (Å²) in [4.78, 5) is 3.74. The highest BCUT2D eigenvalue weighted by atomic mass is 19.1. The molecule has 2 rings (SSSR count). The summed E-state index contributed by atoms with van der Waals surface area (Å²) in [5.41, 5.74) is 1.37. The first-order chi connectivity index (χ1) is 8.15. The van der Waals surface area contributed by atoms with E-state index in [0.29, 0.717) is 5.69 Å². The van der Waals surface area contributed by atoms with Crippen molar-refractivity contribution in [2.75, 3.05) is 5.32 Å². The van der Waals surface area contributed by atoms with E-state index in [1.807, 2.05) is 13.0 Å². The number of halogens is 2. The minimum Gasteiger partial charge on any atom is -0.377 e. The second-order valence-corrected chi connectivity index (χ2v) is 3.81. The predicted octanol–water partition coefficient (Wildman–Crippen LogP) is 3.53. The molecule has 1 aromatic heterocycles. The molecule has 0 spiro atoms. The smallest absolute Gasteiger partial charge is 0.143 e. The van der Waals surface area contributed by atoms with Crippen molar-refractivity contribution in [2.24, 2.45) is 0 Å². The van der Waals surface area contributed by atoms with E-state index in [-0.39, 0.29) is 11.9 Å². The Labute approximate surface area is 98.3 Å². The molecule has 0 amide bonds. The van der Waals surface area contributed by atoms with Crippen molar-refractivity contribution in [1.82, 2.24) is 4.98 Å². The Morgan fingerprint density at radius 2 is 1.94 bits per heavy atom. The van der Waals surface area contributed by atoms with Gasteiger partial charge in [0.05, 0.1) is 18.1 Å². The summed E-state index contributed by atoms with van der Waals surface area (Å²) >= 11 is 0. The Hall–Kier alpha value is -1.97. The zero-order valence-electron chi connectivity index (χ0n) is 9.32. The molecule has 0 aliphatic carbocycles. The zero-order chi connectivity index (χ0) is 12.3. The second kappa shape index (κ2) is 4.91. The first-order valence-corrected chi connectivity index (χ1v) is 5.28. The van der Waals surface area contributed by atoms with Gasteiger partial charge in [0.15, 0.2) is 0 Å². The van der Waals surface area contributed by atoms with Gasteiger partial charge in [-0.1, -0.05) is 12.1 Å². The molecule has 2 aromatic rings. The lowest BCUT2D eigenvalue weighted by molar-refractivity contribution is 0.620. The lowest BCUT2D eigenvalue weighted by atomic mass is 10.1. The van der Waals surface area contributed by atoms with Crippen LogP contribution < -0.4 is 5.32 Å². The van der Waals surface area contributed by atoms with Crippen molar-refractivity contribution < 1.29 is 8.78 Å². The van der Waals surface area contributed by atoms with Crippen LogP contribution in [0.1, 0.15) is 18.5 Å². The Kier molecular flexibility index (Phi) is 3.32. The Morgan fingerprint density at radius 3 is 2.65 bits per heavy atom. The van der Waals surface area contributed by atoms with Crippen LogP contribution in [-0.2, 0) is 0 Å². The maximum atomic E-state index is 13.0. The zero-order valence-corrected chi connectivity index (χ0v) is 9.32. The highest BCUT2D eigenvalue weighted by molar-refractivity contribution is 5.43. The van der Waals surface area contributed by atoms with Crippen LogP contribution in [0, 0.1) is 11.6 Å². The summed E-state index contributed by atoms with van der Waals surface area (Å²) in [6, 6.07) is 7.53. The first-order valence-electron chi connectivity index (χ1n) is 5.28. The van der Waals surface area contributed by atoms with E-state index in [0.717, 1.165) is 11.8 Å². The summed E-state index contributed by atoms with van der Waals surface area (Å²) in [5, 5.41) is 3.06. The van der Waals surface area contributed by atoms with Gasteiger partial charge < -0.3 is 5.32 Å². The number of benzene rings is 1. The maximum Gasteiger partial charge on any atom is 0.143 e. The number of nitrogens with zero attached hydrogens (tertiary/aromatic N) is 1. The summed E-state index contributed by atoms with van der Waals surface area (Å²) < 4.78 is 26.0. The Bertz CT molecular complexity index is 514. The molecule has 1 unspecified atom stereocenters. The topological polar surface area (TPSA) is 24.9 Å². The van der Waals surface area contributed by atoms with Gasteiger partial charge in [0.25, 0.3) is 0 Å². The van der Waals surface area contributed by atoms with Crippen LogP contribution in [0.15, 0.2) is 42.7 Å². The molecule has 1 aromatic carbocycles. The fourth-order valence-electron chi connectivity index (χ4n) is 1.60. The average Bonchev–Trinajstić information content (AvgIpc) is 2.29. The predicted molar refractivity (Wildman–Crippen MR) is 62.6 cm³/mol. The molecule has 4 heteroatoms. The molecule has 17 heavy (non-hydrogen) atoms. The van der Waals surface area contributed by atoms with E-state index in [2.05, 4.69) is 10.3 Å². The van der Waals surface area contributed by atoms with Crippen molar-refractivity contribution >= 4 is 5.69 Å². The van der Waals surface area contributed by atoms with Crippen molar-refractivity contribution in [2.45, 2.75) is 13.0 Å². The fraction of sp³-hybridized carbons (Fsp3) is 0.154. The lowest BCUT2D eigenvalue weighted by Gasteiger charge is -2.15. The normalized spacial score (nSPS) is 12.2. The molecule has 1 atom stereocenters. The van der Waals surface area contributed by atoms with Crippen LogP contribution in [0.2, 0.25) is 0 Å². The molecule has 1 N–H and O–H groups in total. The number of anilines is 1. The van der Waals surface area contributed by atoms with Crippen LogP contribution in [0.3, 0.4) is 0 Å². The molecule has 0 radical (unpaired) electrons. The number of rotatable bonds is 3. The number of hydrogen-bond donors (Lipinski definition) is 1. The number of nitrogens with one attached hydrogen (secondary N) is 1. The second-order valence-electron chi connectivity index (χ2n) is 3.81. The van der Waals surface area contributed by atoms with Crippen LogP contribution in [0.25, 0.3) is 0 Å². The minimum atomic E-state index is -0.401. The lowest BCUT2D eigenvalue weighted by Crippen LogP contribution is -2.07. The molecule has 0 saturated heterocycles. The van der Waals surface area contributed by atoms with Gasteiger partial charge in [-0.3, -0.25) is 4.98 Å². The number of aromatic nitrogens is 1. The van der Waals surface area contributed by atoms with Gasteiger partial charge in [-0.05, 0) is 24.6 Å². The summed E-state index contributed by atoms with van der Waals surface area (Å²) in [6.45, 7) is 1.87. The highest BCUT2D eigenvalue weighted by Crippen LogP contribution is 2.19. The van der Waals surface area contributed by atoms with Crippen molar-refractivity contribution in [3.63, 3.8) is 0 Å². The van der Waals surface area contributed by atoms with Gasteiger partial charge in [-0.25, -0.2) is 8.78 Å². The third-order valence-corrected chi connectivity index (χ3v) is 2.44. The van der Waals surface area contributed by atoms with Crippen LogP contribution in [0.4, 0.5) is 14.5 Å². The van der Waals surface area contributed by atoms with Gasteiger partial charge in [0.1, 0.15) is 11.6 Å². The van der Waals surface area contributed by atoms with Crippen molar-refractivity contribution in [3.05, 3.63) is 59.9 Å². The molecule has 0 saturated carbocycles. The third kappa shape index (κ3) is 3.00. The largest absolute Gasteiger partial charge is 0.377 e. The van der Waals surface area contributed by atoms with Gasteiger partial charge in [-0.15, -0.1) is 0 Å². The van der Waals surface area contributed by atoms with E-state index in [9.17, 15) is 8.78 Å². The standard InChI is InChI=1S/C13H12F2N2/c1-9(10-3-2-4-11(14)5-10)17-13-6-12(15)7-16-8-13/h2-9,17H,1H3. The van der Waals surface area contributed by atoms with Crippen LogP contribution in [0.5, 0.6) is 0 Å². The van der Waals surface area contributed by atoms with E-state index in [1.165, 1.54) is 24.4 Å². The quantitative estimate of drug-likeness (QED) is 0.878. The van der Waals surface area contributed by atoms with Crippen LogP contribution in [-0.4, -0.2) is 4.98 Å². The fourth-order valence-corrected chi connectivity index (χ4v) is 1.60. The van der Waals surface area contributed by atoms with Gasteiger partial charge >= 0.3 is 0 Å². The van der Waals surface area contributed by atoms with E-state index >= 15 is 0 Å². The highest BCUT2D eigenvalue weighted by Gasteiger charge is 2.06. The molecule has 0 fully saturated rings. The van der Waals surface area contributed by atoms with E-state index < -0.39 is 5.82 Å². The molecule has 2 nitrogen and oxygen atoms in total. The van der Waals surface area contributed by atoms with Gasteiger partial charge in [-0.2, -0.15) is 0 Å². The molecular weight excluding hydrogens is 222 g/mol. The van der Waals surface area contributed by atoms with Crippen molar-refractivity contribution in [3.8, 4) is 0 Å². The Balaban J connectivity index is 2.14. The average molecular weight is 234 g/mol. The monoisotopic (exact) mass is 234 g/mol. The van der Waals surface area contributed by atoms with Gasteiger partial charge in [0, 0.05) is 12.1 Å². The molecule has 0 aliphatic heterocycles. The molecule has 0 aliphatic rings. The molecular formula is C13H12F2N2. The summed E-state index contributed by atoms with van der Waals surface area (Å²) in [6.07, 6.45) is 2.66. The molecule has 0 bridgehead atoms. The van der Waals surface area contributed by atoms with E-state index in [4.69, 9.17) is 0 Å². The number of hydrogen-bond acceptors (Lipinski definition) is 2. The first kappa shape index (κ1) is 11.5. The molecule has 1 heterocycles. The summed E-state index contributed by atoms with van der Waals surface area (Å²) in [7, 11) is 0. The molecule has 88 valence electrons. The maximum absolute atomic E-state index is 13.0. The minimum absolute atomic E-state index is 0.116. The SMILES string of the molecule is CC(Nc1cncc(F)c1)c1cccc(F)c1. The van der Waals surface area contributed by atoms with Crippen molar-refractivity contribution in [1.29, 1.82) is 0 Å². The van der Waals surface area contributed by atoms with E-state index in [1.54, 1.807) is 6.07 Å². The third-order valence-electron chi connectivity index (χ3n) is 2.44. The summed E-state index contributed by atoms with van der Waals surface area (Å²) in [5.74, 6) is -0.685. The van der Waals surface area contributed by atoms with Crippen LogP contribution >= 0.6 is 0 Å².